The van der Waals surface area contributed by atoms with Crippen molar-refractivity contribution < 1.29 is 4.74 Å². The fraction of sp³-hybridized carbons (Fsp3) is 0.750. The third kappa shape index (κ3) is 2.08. The van der Waals surface area contributed by atoms with E-state index in [-0.39, 0.29) is 0 Å². The average molecular weight is 126 g/mol. The van der Waals surface area contributed by atoms with Crippen LogP contribution < -0.4 is 0 Å². The van der Waals surface area contributed by atoms with E-state index < -0.39 is 0 Å². The van der Waals surface area contributed by atoms with Gasteiger partial charge >= 0.3 is 0 Å². The number of hydrogen-bond donors (Lipinski definition) is 0. The van der Waals surface area contributed by atoms with Crippen molar-refractivity contribution in [3.63, 3.8) is 0 Å². The molecule has 1 aliphatic heterocycles. The van der Waals surface area contributed by atoms with Crippen LogP contribution in [0.4, 0.5) is 0 Å². The van der Waals surface area contributed by atoms with Crippen molar-refractivity contribution in [3.05, 3.63) is 11.8 Å². The summed E-state index contributed by atoms with van der Waals surface area (Å²) in [6.07, 6.45) is 7.00. The first-order valence-corrected chi connectivity index (χ1v) is 3.75. The summed E-state index contributed by atoms with van der Waals surface area (Å²) >= 11 is 0. The van der Waals surface area contributed by atoms with Crippen molar-refractivity contribution in [1.29, 1.82) is 0 Å². The summed E-state index contributed by atoms with van der Waals surface area (Å²) in [5, 5.41) is 0. The maximum atomic E-state index is 5.32. The molecule has 1 fully saturated rings. The lowest BCUT2D eigenvalue weighted by Gasteiger charge is -1.94. The zero-order valence-corrected chi connectivity index (χ0v) is 6.02. The maximum Gasteiger partial charge on any atom is 0.0921 e. The highest BCUT2D eigenvalue weighted by Crippen LogP contribution is 2.16. The summed E-state index contributed by atoms with van der Waals surface area (Å²) < 4.78 is 5.32. The molecule has 0 aliphatic carbocycles. The second-order valence-corrected chi connectivity index (χ2v) is 2.41. The van der Waals surface area contributed by atoms with Crippen molar-refractivity contribution >= 4 is 0 Å². The summed E-state index contributed by atoms with van der Waals surface area (Å²) in [6.45, 7) is 3.13. The van der Waals surface area contributed by atoms with Crippen LogP contribution in [0.25, 0.3) is 0 Å². The molecule has 0 bridgehead atoms. The lowest BCUT2D eigenvalue weighted by Crippen LogP contribution is -1.77. The van der Waals surface area contributed by atoms with Gasteiger partial charge in [-0.25, -0.2) is 0 Å². The first kappa shape index (κ1) is 6.66. The van der Waals surface area contributed by atoms with E-state index >= 15 is 0 Å². The quantitative estimate of drug-likeness (QED) is 0.552. The molecular formula is C8H14O. The Morgan fingerprint density at radius 2 is 2.56 bits per heavy atom. The topological polar surface area (TPSA) is 9.23 Å². The highest BCUT2D eigenvalue weighted by Gasteiger charge is 2.04. The zero-order chi connectivity index (χ0) is 6.53. The smallest absolute Gasteiger partial charge is 0.0921 e. The van der Waals surface area contributed by atoms with Crippen LogP contribution in [-0.2, 0) is 4.74 Å². The monoisotopic (exact) mass is 126 g/mol. The Labute approximate surface area is 56.7 Å². The number of allylic oxidation sites excluding steroid dienone is 2. The van der Waals surface area contributed by atoms with Crippen molar-refractivity contribution in [2.45, 2.75) is 32.6 Å². The van der Waals surface area contributed by atoms with Gasteiger partial charge in [0.2, 0.25) is 0 Å². The van der Waals surface area contributed by atoms with Gasteiger partial charge in [0.05, 0.1) is 12.4 Å². The first-order chi connectivity index (χ1) is 4.43. The van der Waals surface area contributed by atoms with E-state index in [1.54, 1.807) is 0 Å². The van der Waals surface area contributed by atoms with Crippen LogP contribution in [0, 0.1) is 0 Å². The van der Waals surface area contributed by atoms with Crippen LogP contribution in [0.15, 0.2) is 11.8 Å². The minimum Gasteiger partial charge on any atom is -0.498 e. The molecule has 0 N–H and O–H groups in total. The Bertz CT molecular complexity index is 97.1. The van der Waals surface area contributed by atoms with Gasteiger partial charge in [-0.2, -0.15) is 0 Å². The van der Waals surface area contributed by atoms with E-state index in [1.165, 1.54) is 31.4 Å². The Morgan fingerprint density at radius 1 is 1.67 bits per heavy atom. The van der Waals surface area contributed by atoms with E-state index in [4.69, 9.17) is 4.74 Å². The van der Waals surface area contributed by atoms with E-state index in [0.29, 0.717) is 0 Å². The molecule has 1 rings (SSSR count). The Morgan fingerprint density at radius 3 is 3.11 bits per heavy atom. The van der Waals surface area contributed by atoms with Gasteiger partial charge in [-0.3, -0.25) is 0 Å². The van der Waals surface area contributed by atoms with Crippen LogP contribution >= 0.6 is 0 Å². The fourth-order valence-corrected chi connectivity index (χ4v) is 0.988. The van der Waals surface area contributed by atoms with Crippen molar-refractivity contribution in [2.75, 3.05) is 6.61 Å². The van der Waals surface area contributed by atoms with E-state index in [2.05, 4.69) is 13.0 Å². The minimum atomic E-state index is 0.940. The standard InChI is InChI=1S/C8H14O/c1-2-3-5-8-6-4-7-9-8/h5H,2-4,6-7H2,1H3. The molecule has 1 heteroatoms. The van der Waals surface area contributed by atoms with Crippen LogP contribution in [0.2, 0.25) is 0 Å². The predicted octanol–water partition coefficient (Wildman–Crippen LogP) is 2.48. The van der Waals surface area contributed by atoms with Crippen LogP contribution in [0.3, 0.4) is 0 Å². The van der Waals surface area contributed by atoms with Crippen LogP contribution in [0.1, 0.15) is 32.6 Å². The summed E-state index contributed by atoms with van der Waals surface area (Å²) in [5.41, 5.74) is 0. The van der Waals surface area contributed by atoms with Crippen molar-refractivity contribution in [1.82, 2.24) is 0 Å². The number of unbranched alkanes of at least 4 members (excludes halogenated alkanes) is 1. The lowest BCUT2D eigenvalue weighted by molar-refractivity contribution is 0.262. The molecule has 1 saturated heterocycles. The van der Waals surface area contributed by atoms with Crippen molar-refractivity contribution in [3.8, 4) is 0 Å². The van der Waals surface area contributed by atoms with Crippen molar-refractivity contribution in [2.24, 2.45) is 0 Å². The molecule has 1 nitrogen and oxygen atoms in total. The molecule has 0 aromatic rings. The minimum absolute atomic E-state index is 0.940. The molecule has 0 atom stereocenters. The molecule has 0 radical (unpaired) electrons. The highest BCUT2D eigenvalue weighted by molar-refractivity contribution is 4.95. The molecule has 0 amide bonds. The Hall–Kier alpha value is -0.460. The van der Waals surface area contributed by atoms with E-state index in [1.807, 2.05) is 0 Å². The molecular weight excluding hydrogens is 112 g/mol. The zero-order valence-electron chi connectivity index (χ0n) is 6.02. The summed E-state index contributed by atoms with van der Waals surface area (Å²) in [6, 6.07) is 0. The van der Waals surface area contributed by atoms with Gasteiger partial charge < -0.3 is 4.74 Å². The number of hydrogen-bond acceptors (Lipinski definition) is 1. The van der Waals surface area contributed by atoms with Crippen LogP contribution in [0.5, 0.6) is 0 Å². The van der Waals surface area contributed by atoms with E-state index in [9.17, 15) is 0 Å². The summed E-state index contributed by atoms with van der Waals surface area (Å²) in [5.74, 6) is 1.22. The molecule has 0 unspecified atom stereocenters. The summed E-state index contributed by atoms with van der Waals surface area (Å²) in [7, 11) is 0. The van der Waals surface area contributed by atoms with Gasteiger partial charge in [-0.05, 0) is 18.9 Å². The fourth-order valence-electron chi connectivity index (χ4n) is 0.988. The third-order valence-corrected chi connectivity index (χ3v) is 1.52. The SMILES string of the molecule is CCCC=C1CCCO1. The number of ether oxygens (including phenoxy) is 1. The van der Waals surface area contributed by atoms with Gasteiger partial charge in [0.15, 0.2) is 0 Å². The summed E-state index contributed by atoms with van der Waals surface area (Å²) in [4.78, 5) is 0. The molecule has 1 aliphatic rings. The average Bonchev–Trinajstić information content (AvgIpc) is 2.34. The van der Waals surface area contributed by atoms with Gasteiger partial charge in [-0.1, -0.05) is 13.3 Å². The molecule has 0 spiro atoms. The highest BCUT2D eigenvalue weighted by atomic mass is 16.5. The maximum absolute atomic E-state index is 5.32. The number of rotatable bonds is 2. The largest absolute Gasteiger partial charge is 0.498 e. The second-order valence-electron chi connectivity index (χ2n) is 2.41. The van der Waals surface area contributed by atoms with Gasteiger partial charge in [0.25, 0.3) is 0 Å². The van der Waals surface area contributed by atoms with Gasteiger partial charge in [-0.15, -0.1) is 0 Å². The van der Waals surface area contributed by atoms with Gasteiger partial charge in [0.1, 0.15) is 0 Å². The molecule has 9 heavy (non-hydrogen) atoms. The lowest BCUT2D eigenvalue weighted by atomic mass is 10.2. The van der Waals surface area contributed by atoms with Crippen LogP contribution in [-0.4, -0.2) is 6.61 Å². The van der Waals surface area contributed by atoms with E-state index in [0.717, 1.165) is 6.61 Å². The molecule has 0 saturated carbocycles. The second kappa shape index (κ2) is 3.54. The Kier molecular flexibility index (Phi) is 2.62. The molecule has 52 valence electrons. The molecule has 1 heterocycles. The normalized spacial score (nSPS) is 22.6. The first-order valence-electron chi connectivity index (χ1n) is 3.75. The predicted molar refractivity (Wildman–Crippen MR) is 38.2 cm³/mol. The Balaban J connectivity index is 2.22. The van der Waals surface area contributed by atoms with Gasteiger partial charge in [0, 0.05) is 6.42 Å². The third-order valence-electron chi connectivity index (χ3n) is 1.52. The molecule has 0 aromatic carbocycles. The molecule has 0 aromatic heterocycles.